The number of rotatable bonds is 3. The summed E-state index contributed by atoms with van der Waals surface area (Å²) in [6.07, 6.45) is 4.87. The molecule has 124 valence electrons. The summed E-state index contributed by atoms with van der Waals surface area (Å²) in [7, 11) is 0. The van der Waals surface area contributed by atoms with Crippen molar-refractivity contribution in [3.63, 3.8) is 0 Å². The van der Waals surface area contributed by atoms with Gasteiger partial charge in [-0.1, -0.05) is 0 Å². The molecule has 1 aliphatic carbocycles. The largest absolute Gasteiger partial charge is 0.381 e. The topological polar surface area (TPSA) is 85.4 Å². The molecule has 7 heteroatoms. The van der Waals surface area contributed by atoms with Crippen molar-refractivity contribution in [1.29, 1.82) is 0 Å². The van der Waals surface area contributed by atoms with Crippen molar-refractivity contribution in [2.24, 2.45) is 0 Å². The van der Waals surface area contributed by atoms with Gasteiger partial charge in [-0.05, 0) is 31.4 Å². The van der Waals surface area contributed by atoms with Crippen LogP contribution in [-0.4, -0.2) is 47.7 Å². The summed E-state index contributed by atoms with van der Waals surface area (Å²) in [5.74, 6) is 1.04. The molecule has 7 nitrogen and oxygen atoms in total. The number of hydrogen-bond acceptors (Lipinski definition) is 5. The molecular weight excluding hydrogens is 296 g/mol. The van der Waals surface area contributed by atoms with Crippen LogP contribution in [0.25, 0.3) is 0 Å². The Morgan fingerprint density at radius 3 is 2.65 bits per heavy atom. The predicted octanol–water partition coefficient (Wildman–Crippen LogP) is 1.81. The zero-order chi connectivity index (χ0) is 15.7. The van der Waals surface area contributed by atoms with E-state index in [0.717, 1.165) is 25.0 Å². The third kappa shape index (κ3) is 3.16. The number of nitrogens with zero attached hydrogens (tertiary/aromatic N) is 2. The standard InChI is InChI=1S/C16H22N4O3/c21-15(18-14-4-3-12(19-20-14)11-1-2-11)17-13-5-8-23-16(13)6-9-22-10-7-16/h3-4,11,13H,1-2,5-10H2,(H2,17,18,20,21). The zero-order valence-electron chi connectivity index (χ0n) is 13.1. The average Bonchev–Trinajstić information content (AvgIpc) is 3.35. The summed E-state index contributed by atoms with van der Waals surface area (Å²) in [6, 6.07) is 3.53. The SMILES string of the molecule is O=C(Nc1ccc(C2CC2)nn1)NC1CCOC12CCOCC2. The van der Waals surface area contributed by atoms with Crippen LogP contribution in [0.3, 0.4) is 0 Å². The minimum absolute atomic E-state index is 0.0186. The Morgan fingerprint density at radius 1 is 1.13 bits per heavy atom. The lowest BCUT2D eigenvalue weighted by Gasteiger charge is -2.37. The molecule has 1 aromatic heterocycles. The quantitative estimate of drug-likeness (QED) is 0.888. The summed E-state index contributed by atoms with van der Waals surface area (Å²) >= 11 is 0. The van der Waals surface area contributed by atoms with Gasteiger partial charge in [-0.25, -0.2) is 4.79 Å². The number of anilines is 1. The summed E-state index contributed by atoms with van der Waals surface area (Å²) in [5.41, 5.74) is 0.748. The van der Waals surface area contributed by atoms with Crippen LogP contribution in [0, 0.1) is 0 Å². The van der Waals surface area contributed by atoms with Crippen LogP contribution in [0.5, 0.6) is 0 Å². The molecule has 2 N–H and O–H groups in total. The molecule has 23 heavy (non-hydrogen) atoms. The number of carbonyl (C=O) groups is 1. The maximum atomic E-state index is 12.2. The summed E-state index contributed by atoms with van der Waals surface area (Å²) in [5, 5.41) is 14.1. The van der Waals surface area contributed by atoms with Gasteiger partial charge in [0.2, 0.25) is 0 Å². The predicted molar refractivity (Wildman–Crippen MR) is 83.3 cm³/mol. The number of nitrogens with one attached hydrogen (secondary N) is 2. The van der Waals surface area contributed by atoms with Crippen LogP contribution in [-0.2, 0) is 9.47 Å². The minimum Gasteiger partial charge on any atom is -0.381 e. The third-order valence-corrected chi connectivity index (χ3v) is 5.00. The van der Waals surface area contributed by atoms with E-state index in [1.54, 1.807) is 0 Å². The highest BCUT2D eigenvalue weighted by molar-refractivity contribution is 5.88. The van der Waals surface area contributed by atoms with Gasteiger partial charge >= 0.3 is 6.03 Å². The third-order valence-electron chi connectivity index (χ3n) is 5.00. The van der Waals surface area contributed by atoms with Gasteiger partial charge in [0.25, 0.3) is 0 Å². The van der Waals surface area contributed by atoms with Crippen molar-refractivity contribution in [2.75, 3.05) is 25.1 Å². The summed E-state index contributed by atoms with van der Waals surface area (Å²) in [6.45, 7) is 2.06. The smallest absolute Gasteiger partial charge is 0.320 e. The van der Waals surface area contributed by atoms with Crippen LogP contribution in [0.4, 0.5) is 10.6 Å². The van der Waals surface area contributed by atoms with E-state index in [-0.39, 0.29) is 17.7 Å². The minimum atomic E-state index is -0.267. The van der Waals surface area contributed by atoms with E-state index in [1.807, 2.05) is 12.1 Å². The van der Waals surface area contributed by atoms with Gasteiger partial charge in [-0.2, -0.15) is 5.10 Å². The van der Waals surface area contributed by atoms with Crippen LogP contribution < -0.4 is 10.6 Å². The maximum Gasteiger partial charge on any atom is 0.320 e. The van der Waals surface area contributed by atoms with Gasteiger partial charge < -0.3 is 14.8 Å². The second kappa shape index (κ2) is 6.05. The highest BCUT2D eigenvalue weighted by atomic mass is 16.5. The van der Waals surface area contributed by atoms with E-state index >= 15 is 0 Å². The van der Waals surface area contributed by atoms with E-state index in [2.05, 4.69) is 20.8 Å². The molecular formula is C16H22N4O3. The first-order chi connectivity index (χ1) is 11.3. The maximum absolute atomic E-state index is 12.2. The Labute approximate surface area is 135 Å². The molecule has 2 amide bonds. The first kappa shape index (κ1) is 14.8. The number of amides is 2. The van der Waals surface area contributed by atoms with Crippen molar-refractivity contribution >= 4 is 11.8 Å². The highest BCUT2D eigenvalue weighted by Gasteiger charge is 2.46. The molecule has 4 rings (SSSR count). The molecule has 0 aromatic carbocycles. The monoisotopic (exact) mass is 318 g/mol. The summed E-state index contributed by atoms with van der Waals surface area (Å²) in [4.78, 5) is 12.2. The van der Waals surface area contributed by atoms with Crippen LogP contribution in [0.15, 0.2) is 12.1 Å². The summed E-state index contributed by atoms with van der Waals surface area (Å²) < 4.78 is 11.4. The fourth-order valence-electron chi connectivity index (χ4n) is 3.47. The van der Waals surface area contributed by atoms with Crippen LogP contribution >= 0.6 is 0 Å². The number of ether oxygens (including phenoxy) is 2. The Bertz CT molecular complexity index is 567. The first-order valence-electron chi connectivity index (χ1n) is 8.38. The molecule has 3 aliphatic rings. The molecule has 1 aromatic rings. The molecule has 3 heterocycles. The number of hydrogen-bond donors (Lipinski definition) is 2. The van der Waals surface area contributed by atoms with Gasteiger partial charge in [-0.15, -0.1) is 5.10 Å². The molecule has 1 atom stereocenters. The van der Waals surface area contributed by atoms with Crippen LogP contribution in [0.2, 0.25) is 0 Å². The lowest BCUT2D eigenvalue weighted by Crippen LogP contribution is -2.53. The Balaban J connectivity index is 1.35. The average molecular weight is 318 g/mol. The molecule has 2 saturated heterocycles. The Morgan fingerprint density at radius 2 is 1.96 bits per heavy atom. The molecule has 2 aliphatic heterocycles. The number of aromatic nitrogens is 2. The molecule has 1 saturated carbocycles. The fraction of sp³-hybridized carbons (Fsp3) is 0.688. The molecule has 3 fully saturated rings. The van der Waals surface area contributed by atoms with E-state index < -0.39 is 0 Å². The van der Waals surface area contributed by atoms with Crippen molar-refractivity contribution in [2.45, 2.75) is 49.7 Å². The van der Waals surface area contributed by atoms with Crippen molar-refractivity contribution < 1.29 is 14.3 Å². The van der Waals surface area contributed by atoms with Crippen LogP contribution in [0.1, 0.15) is 43.7 Å². The van der Waals surface area contributed by atoms with Gasteiger partial charge in [-0.3, -0.25) is 5.32 Å². The zero-order valence-corrected chi connectivity index (χ0v) is 13.1. The molecule has 1 unspecified atom stereocenters. The van der Waals surface area contributed by atoms with Gasteiger partial charge in [0.15, 0.2) is 5.82 Å². The van der Waals surface area contributed by atoms with E-state index in [0.29, 0.717) is 31.6 Å². The van der Waals surface area contributed by atoms with Crippen molar-refractivity contribution in [3.8, 4) is 0 Å². The lowest BCUT2D eigenvalue weighted by molar-refractivity contribution is -0.0867. The lowest BCUT2D eigenvalue weighted by atomic mass is 9.86. The Hall–Kier alpha value is -1.73. The van der Waals surface area contributed by atoms with Gasteiger partial charge in [0.1, 0.15) is 0 Å². The normalized spacial score (nSPS) is 26.2. The molecule has 1 spiro atoms. The molecule has 0 radical (unpaired) electrons. The Kier molecular flexibility index (Phi) is 3.90. The highest BCUT2D eigenvalue weighted by Crippen LogP contribution is 2.38. The van der Waals surface area contributed by atoms with Gasteiger partial charge in [0, 0.05) is 38.6 Å². The first-order valence-corrected chi connectivity index (χ1v) is 8.38. The van der Waals surface area contributed by atoms with E-state index in [4.69, 9.17) is 9.47 Å². The van der Waals surface area contributed by atoms with E-state index in [9.17, 15) is 4.79 Å². The van der Waals surface area contributed by atoms with Gasteiger partial charge in [0.05, 0.1) is 17.3 Å². The second-order valence-corrected chi connectivity index (χ2v) is 6.58. The second-order valence-electron chi connectivity index (χ2n) is 6.58. The van der Waals surface area contributed by atoms with E-state index in [1.165, 1.54) is 12.8 Å². The van der Waals surface area contributed by atoms with Crippen molar-refractivity contribution in [3.05, 3.63) is 17.8 Å². The number of urea groups is 1. The van der Waals surface area contributed by atoms with Crippen molar-refractivity contribution in [1.82, 2.24) is 15.5 Å². The number of carbonyl (C=O) groups excluding carboxylic acids is 1. The molecule has 0 bridgehead atoms. The fourth-order valence-corrected chi connectivity index (χ4v) is 3.47.